The van der Waals surface area contributed by atoms with E-state index in [2.05, 4.69) is 18.7 Å². The number of halogens is 1. The molecule has 2 nitrogen and oxygen atoms in total. The predicted molar refractivity (Wildman–Crippen MR) is 74.2 cm³/mol. The summed E-state index contributed by atoms with van der Waals surface area (Å²) < 4.78 is 0. The Labute approximate surface area is 109 Å². The lowest BCUT2D eigenvalue weighted by Gasteiger charge is -2.39. The smallest absolute Gasteiger partial charge is 0.0471 e. The van der Waals surface area contributed by atoms with E-state index in [4.69, 9.17) is 17.3 Å². The summed E-state index contributed by atoms with van der Waals surface area (Å²) in [7, 11) is 0. The van der Waals surface area contributed by atoms with Crippen molar-refractivity contribution >= 4 is 17.3 Å². The Balaban J connectivity index is 2.19. The molecule has 0 saturated carbocycles. The van der Waals surface area contributed by atoms with Gasteiger partial charge in [0.05, 0.1) is 0 Å². The van der Waals surface area contributed by atoms with Gasteiger partial charge >= 0.3 is 0 Å². The van der Waals surface area contributed by atoms with Crippen LogP contribution in [0.25, 0.3) is 0 Å². The minimum Gasteiger partial charge on any atom is -0.398 e. The molecule has 1 fully saturated rings. The minimum atomic E-state index is 0.620. The van der Waals surface area contributed by atoms with Gasteiger partial charge in [0, 0.05) is 34.9 Å². The largest absolute Gasteiger partial charge is 0.398 e. The fourth-order valence-corrected chi connectivity index (χ4v) is 2.95. The molecule has 1 aromatic carbocycles. The minimum absolute atomic E-state index is 0.620. The van der Waals surface area contributed by atoms with Gasteiger partial charge in [-0.1, -0.05) is 24.1 Å². The Morgan fingerprint density at radius 2 is 1.94 bits per heavy atom. The number of hydrogen-bond acceptors (Lipinski definition) is 2. The molecule has 0 radical (unpaired) electrons. The van der Waals surface area contributed by atoms with Crippen molar-refractivity contribution in [2.45, 2.75) is 51.7 Å². The van der Waals surface area contributed by atoms with E-state index in [1.54, 1.807) is 0 Å². The van der Waals surface area contributed by atoms with Gasteiger partial charge in [-0.15, -0.1) is 0 Å². The molecule has 1 aliphatic heterocycles. The zero-order valence-corrected chi connectivity index (χ0v) is 11.4. The summed E-state index contributed by atoms with van der Waals surface area (Å²) in [4.78, 5) is 2.51. The molecule has 2 N–H and O–H groups in total. The Kier molecular flexibility index (Phi) is 3.95. The maximum atomic E-state index is 6.24. The van der Waals surface area contributed by atoms with Crippen LogP contribution in [0.4, 0.5) is 5.69 Å². The molecule has 2 unspecified atom stereocenters. The lowest BCUT2D eigenvalue weighted by Crippen LogP contribution is -2.43. The SMILES string of the molecule is CC1CCCC(C)N1Cc1c(N)cccc1Cl. The molecule has 0 aromatic heterocycles. The summed E-state index contributed by atoms with van der Waals surface area (Å²) in [5.74, 6) is 0. The third-order valence-corrected chi connectivity index (χ3v) is 4.23. The Morgan fingerprint density at radius 1 is 1.29 bits per heavy atom. The molecule has 1 saturated heterocycles. The summed E-state index contributed by atoms with van der Waals surface area (Å²) in [6.45, 7) is 5.46. The maximum Gasteiger partial charge on any atom is 0.0471 e. The molecular formula is C14H21ClN2. The molecule has 17 heavy (non-hydrogen) atoms. The van der Waals surface area contributed by atoms with Gasteiger partial charge in [0.1, 0.15) is 0 Å². The van der Waals surface area contributed by atoms with Crippen molar-refractivity contribution < 1.29 is 0 Å². The number of hydrogen-bond donors (Lipinski definition) is 1. The average Bonchev–Trinajstić information content (AvgIpc) is 2.27. The number of nitrogens with two attached hydrogens (primary N) is 1. The topological polar surface area (TPSA) is 29.3 Å². The van der Waals surface area contributed by atoms with Gasteiger partial charge in [0.25, 0.3) is 0 Å². The molecule has 1 aromatic rings. The standard InChI is InChI=1S/C14H21ClN2/c1-10-5-3-6-11(2)17(10)9-12-13(15)7-4-8-14(12)16/h4,7-8,10-11H,3,5-6,9,16H2,1-2H3. The summed E-state index contributed by atoms with van der Waals surface area (Å²) >= 11 is 6.24. The number of anilines is 1. The second-order valence-electron chi connectivity index (χ2n) is 5.11. The zero-order valence-electron chi connectivity index (χ0n) is 10.6. The number of rotatable bonds is 2. The van der Waals surface area contributed by atoms with Crippen LogP contribution in [0.5, 0.6) is 0 Å². The Hall–Kier alpha value is -0.730. The van der Waals surface area contributed by atoms with E-state index in [0.717, 1.165) is 22.8 Å². The van der Waals surface area contributed by atoms with Crippen LogP contribution in [0.1, 0.15) is 38.7 Å². The van der Waals surface area contributed by atoms with Crippen LogP contribution in [0.15, 0.2) is 18.2 Å². The van der Waals surface area contributed by atoms with Gasteiger partial charge in [-0.3, -0.25) is 4.90 Å². The van der Waals surface area contributed by atoms with Crippen LogP contribution in [-0.2, 0) is 6.54 Å². The lowest BCUT2D eigenvalue weighted by molar-refractivity contribution is 0.0955. The van der Waals surface area contributed by atoms with Gasteiger partial charge in [-0.05, 0) is 38.8 Å². The number of nitrogens with zero attached hydrogens (tertiary/aromatic N) is 1. The average molecular weight is 253 g/mol. The molecule has 0 amide bonds. The van der Waals surface area contributed by atoms with Crippen LogP contribution >= 0.6 is 11.6 Å². The first-order chi connectivity index (χ1) is 8.09. The van der Waals surface area contributed by atoms with Crippen molar-refractivity contribution in [3.8, 4) is 0 Å². The van der Waals surface area contributed by atoms with Crippen molar-refractivity contribution in [2.75, 3.05) is 5.73 Å². The molecule has 2 rings (SSSR count). The molecule has 0 bridgehead atoms. The normalized spacial score (nSPS) is 26.1. The first-order valence-electron chi connectivity index (χ1n) is 6.38. The molecule has 0 aliphatic carbocycles. The first kappa shape index (κ1) is 12.7. The number of likely N-dealkylation sites (tertiary alicyclic amines) is 1. The summed E-state index contributed by atoms with van der Waals surface area (Å²) in [5, 5.41) is 0.787. The zero-order chi connectivity index (χ0) is 12.4. The van der Waals surface area contributed by atoms with Gasteiger partial charge in [-0.25, -0.2) is 0 Å². The van der Waals surface area contributed by atoms with E-state index < -0.39 is 0 Å². The van der Waals surface area contributed by atoms with E-state index in [-0.39, 0.29) is 0 Å². The van der Waals surface area contributed by atoms with Gasteiger partial charge in [0.2, 0.25) is 0 Å². The maximum absolute atomic E-state index is 6.24. The lowest BCUT2D eigenvalue weighted by atomic mass is 9.96. The summed E-state index contributed by atoms with van der Waals surface area (Å²) in [6.07, 6.45) is 3.88. The summed E-state index contributed by atoms with van der Waals surface area (Å²) in [5.41, 5.74) is 7.90. The highest BCUT2D eigenvalue weighted by atomic mass is 35.5. The van der Waals surface area contributed by atoms with Gasteiger partial charge in [-0.2, -0.15) is 0 Å². The second-order valence-corrected chi connectivity index (χ2v) is 5.52. The fraction of sp³-hybridized carbons (Fsp3) is 0.571. The number of benzene rings is 1. The van der Waals surface area contributed by atoms with Crippen LogP contribution < -0.4 is 5.73 Å². The van der Waals surface area contributed by atoms with Crippen LogP contribution in [0.2, 0.25) is 5.02 Å². The third-order valence-electron chi connectivity index (χ3n) is 3.87. The molecular weight excluding hydrogens is 232 g/mol. The van der Waals surface area contributed by atoms with Gasteiger partial charge < -0.3 is 5.73 Å². The van der Waals surface area contributed by atoms with Crippen molar-refractivity contribution in [2.24, 2.45) is 0 Å². The van der Waals surface area contributed by atoms with E-state index in [1.807, 2.05) is 18.2 Å². The highest BCUT2D eigenvalue weighted by molar-refractivity contribution is 6.31. The van der Waals surface area contributed by atoms with Crippen molar-refractivity contribution in [3.63, 3.8) is 0 Å². The van der Waals surface area contributed by atoms with Crippen molar-refractivity contribution in [1.82, 2.24) is 4.90 Å². The molecule has 0 spiro atoms. The molecule has 3 heteroatoms. The van der Waals surface area contributed by atoms with E-state index >= 15 is 0 Å². The fourth-order valence-electron chi connectivity index (χ4n) is 2.71. The second kappa shape index (κ2) is 5.28. The predicted octanol–water partition coefficient (Wildman–Crippen LogP) is 3.69. The monoisotopic (exact) mass is 252 g/mol. The Morgan fingerprint density at radius 3 is 2.53 bits per heavy atom. The van der Waals surface area contributed by atoms with Crippen LogP contribution in [0, 0.1) is 0 Å². The Bertz CT molecular complexity index is 362. The number of piperidine rings is 1. The third kappa shape index (κ3) is 2.75. The molecule has 94 valence electrons. The molecule has 1 aliphatic rings. The van der Waals surface area contributed by atoms with Crippen LogP contribution in [0.3, 0.4) is 0 Å². The van der Waals surface area contributed by atoms with E-state index in [9.17, 15) is 0 Å². The van der Waals surface area contributed by atoms with Gasteiger partial charge in [0.15, 0.2) is 0 Å². The van der Waals surface area contributed by atoms with Crippen LogP contribution in [-0.4, -0.2) is 17.0 Å². The highest BCUT2D eigenvalue weighted by Crippen LogP contribution is 2.29. The van der Waals surface area contributed by atoms with Crippen molar-refractivity contribution in [1.29, 1.82) is 0 Å². The van der Waals surface area contributed by atoms with E-state index in [0.29, 0.717) is 12.1 Å². The molecule has 1 heterocycles. The summed E-state index contributed by atoms with van der Waals surface area (Å²) in [6, 6.07) is 7.00. The quantitative estimate of drug-likeness (QED) is 0.814. The number of nitrogen functional groups attached to an aromatic ring is 1. The first-order valence-corrected chi connectivity index (χ1v) is 6.76. The van der Waals surface area contributed by atoms with E-state index in [1.165, 1.54) is 19.3 Å². The highest BCUT2D eigenvalue weighted by Gasteiger charge is 2.25. The molecule has 2 atom stereocenters. The van der Waals surface area contributed by atoms with Crippen molar-refractivity contribution in [3.05, 3.63) is 28.8 Å².